The first kappa shape index (κ1) is 21.0. The van der Waals surface area contributed by atoms with Gasteiger partial charge >= 0.3 is 0 Å². The number of hydrogen-bond acceptors (Lipinski definition) is 5. The Morgan fingerprint density at radius 1 is 1.12 bits per heavy atom. The Hall–Kier alpha value is -3.84. The first-order chi connectivity index (χ1) is 15.9. The van der Waals surface area contributed by atoms with E-state index in [4.69, 9.17) is 20.8 Å². The van der Waals surface area contributed by atoms with Crippen molar-refractivity contribution in [2.75, 3.05) is 7.11 Å². The minimum Gasteiger partial charge on any atom is -0.504 e. The predicted octanol–water partition coefficient (Wildman–Crippen LogP) is 5.05. The summed E-state index contributed by atoms with van der Waals surface area (Å²) in [5.41, 5.74) is 0.914. The first-order valence-electron chi connectivity index (χ1n) is 10.1. The van der Waals surface area contributed by atoms with Gasteiger partial charge in [0, 0.05) is 11.6 Å². The molecular formula is C25H17ClFNO5. The molecule has 166 valence electrons. The molecule has 0 radical (unpaired) electrons. The Bertz CT molecular complexity index is 1480. The second-order valence-corrected chi connectivity index (χ2v) is 8.08. The Kier molecular flexibility index (Phi) is 5.06. The minimum atomic E-state index is -0.859. The molecular weight excluding hydrogens is 449 g/mol. The topological polar surface area (TPSA) is 80.0 Å². The van der Waals surface area contributed by atoms with Crippen LogP contribution < -0.4 is 10.2 Å². The van der Waals surface area contributed by atoms with Crippen molar-refractivity contribution in [2.45, 2.75) is 12.6 Å². The van der Waals surface area contributed by atoms with Gasteiger partial charge in [-0.3, -0.25) is 9.59 Å². The molecule has 1 aliphatic heterocycles. The van der Waals surface area contributed by atoms with Crippen LogP contribution in [0.1, 0.15) is 33.3 Å². The van der Waals surface area contributed by atoms with Crippen LogP contribution in [0.2, 0.25) is 5.02 Å². The van der Waals surface area contributed by atoms with Crippen LogP contribution >= 0.6 is 11.6 Å². The third kappa shape index (κ3) is 3.41. The molecule has 1 atom stereocenters. The number of methoxy groups -OCH3 is 1. The lowest BCUT2D eigenvalue weighted by Gasteiger charge is -2.26. The maximum absolute atomic E-state index is 13.9. The van der Waals surface area contributed by atoms with Crippen molar-refractivity contribution in [1.29, 1.82) is 0 Å². The summed E-state index contributed by atoms with van der Waals surface area (Å²) in [6.45, 7) is 0.0979. The number of benzene rings is 3. The van der Waals surface area contributed by atoms with Crippen molar-refractivity contribution in [3.63, 3.8) is 0 Å². The number of nitrogens with zero attached hydrogens (tertiary/aromatic N) is 1. The molecule has 0 aliphatic carbocycles. The number of halogens is 2. The van der Waals surface area contributed by atoms with Gasteiger partial charge < -0.3 is 19.2 Å². The van der Waals surface area contributed by atoms with E-state index in [2.05, 4.69) is 0 Å². The van der Waals surface area contributed by atoms with Crippen LogP contribution in [0.3, 0.4) is 0 Å². The second-order valence-electron chi connectivity index (χ2n) is 7.67. The number of phenolic OH excluding ortho intramolecular Hbond substituents is 1. The smallest absolute Gasteiger partial charge is 0.291 e. The van der Waals surface area contributed by atoms with Gasteiger partial charge in [-0.05, 0) is 47.5 Å². The second kappa shape index (κ2) is 7.94. The molecule has 33 heavy (non-hydrogen) atoms. The van der Waals surface area contributed by atoms with Gasteiger partial charge in [0.05, 0.1) is 24.1 Å². The molecule has 0 saturated carbocycles. The van der Waals surface area contributed by atoms with Crippen LogP contribution in [0.25, 0.3) is 11.0 Å². The number of fused-ring (bicyclic) bond motifs is 2. The summed E-state index contributed by atoms with van der Waals surface area (Å²) < 4.78 is 24.9. The average molecular weight is 466 g/mol. The van der Waals surface area contributed by atoms with Crippen molar-refractivity contribution in [1.82, 2.24) is 4.90 Å². The molecule has 0 spiro atoms. The molecule has 1 aromatic heterocycles. The zero-order chi connectivity index (χ0) is 23.3. The summed E-state index contributed by atoms with van der Waals surface area (Å²) in [6, 6.07) is 14.4. The minimum absolute atomic E-state index is 0.0388. The number of carbonyl (C=O) groups is 1. The molecule has 6 nitrogen and oxygen atoms in total. The summed E-state index contributed by atoms with van der Waals surface area (Å²) in [7, 11) is 1.40. The van der Waals surface area contributed by atoms with Crippen molar-refractivity contribution in [2.24, 2.45) is 0 Å². The fourth-order valence-electron chi connectivity index (χ4n) is 4.18. The lowest BCUT2D eigenvalue weighted by atomic mass is 9.97. The van der Waals surface area contributed by atoms with Gasteiger partial charge in [-0.1, -0.05) is 35.9 Å². The number of carbonyl (C=O) groups excluding carboxylic acids is 1. The van der Waals surface area contributed by atoms with Gasteiger partial charge in [0.2, 0.25) is 5.76 Å². The Morgan fingerprint density at radius 2 is 1.91 bits per heavy atom. The van der Waals surface area contributed by atoms with Crippen LogP contribution in [0, 0.1) is 5.82 Å². The van der Waals surface area contributed by atoms with Gasteiger partial charge in [-0.25, -0.2) is 4.39 Å². The fourth-order valence-corrected chi connectivity index (χ4v) is 4.37. The number of aromatic hydroxyl groups is 1. The van der Waals surface area contributed by atoms with E-state index in [0.717, 1.165) is 6.07 Å². The largest absolute Gasteiger partial charge is 0.504 e. The highest BCUT2D eigenvalue weighted by atomic mass is 35.5. The van der Waals surface area contributed by atoms with E-state index in [1.165, 1.54) is 30.2 Å². The number of amides is 1. The van der Waals surface area contributed by atoms with E-state index in [-0.39, 0.29) is 40.3 Å². The van der Waals surface area contributed by atoms with Crippen molar-refractivity contribution >= 4 is 28.5 Å². The van der Waals surface area contributed by atoms with Crippen LogP contribution in [-0.4, -0.2) is 23.0 Å². The molecule has 1 N–H and O–H groups in total. The van der Waals surface area contributed by atoms with Gasteiger partial charge in [0.25, 0.3) is 5.91 Å². The molecule has 0 fully saturated rings. The number of ether oxygens (including phenoxy) is 1. The number of rotatable bonds is 4. The summed E-state index contributed by atoms with van der Waals surface area (Å²) in [4.78, 5) is 28.4. The zero-order valence-electron chi connectivity index (χ0n) is 17.3. The molecule has 4 aromatic rings. The highest BCUT2D eigenvalue weighted by molar-refractivity contribution is 6.31. The van der Waals surface area contributed by atoms with Gasteiger partial charge in [0.1, 0.15) is 11.4 Å². The van der Waals surface area contributed by atoms with Crippen LogP contribution in [0.15, 0.2) is 69.9 Å². The van der Waals surface area contributed by atoms with Crippen LogP contribution in [-0.2, 0) is 6.54 Å². The number of phenols is 1. The van der Waals surface area contributed by atoms with E-state index < -0.39 is 23.2 Å². The molecule has 1 aliphatic rings. The summed E-state index contributed by atoms with van der Waals surface area (Å²) in [5, 5.41) is 10.6. The molecule has 3 aromatic carbocycles. The van der Waals surface area contributed by atoms with E-state index in [1.54, 1.807) is 36.4 Å². The number of hydrogen-bond donors (Lipinski definition) is 1. The third-order valence-electron chi connectivity index (χ3n) is 5.75. The molecule has 8 heteroatoms. The lowest BCUT2D eigenvalue weighted by Crippen LogP contribution is -2.29. The molecule has 2 heterocycles. The molecule has 5 rings (SSSR count). The maximum Gasteiger partial charge on any atom is 0.291 e. The third-order valence-corrected chi connectivity index (χ3v) is 6.11. The SMILES string of the molecule is COc1cc([C@H]2c3c(oc4ccc(F)cc4c3=O)C(=O)N2Cc2ccccc2Cl)ccc1O. The normalized spacial score (nSPS) is 15.2. The van der Waals surface area contributed by atoms with Gasteiger partial charge in [-0.15, -0.1) is 0 Å². The fraction of sp³-hybridized carbons (Fsp3) is 0.120. The monoisotopic (exact) mass is 465 g/mol. The lowest BCUT2D eigenvalue weighted by molar-refractivity contribution is 0.0714. The molecule has 0 saturated heterocycles. The van der Waals surface area contributed by atoms with Crippen molar-refractivity contribution < 1.29 is 23.4 Å². The average Bonchev–Trinajstić information content (AvgIpc) is 3.08. The van der Waals surface area contributed by atoms with Crippen LogP contribution in [0.4, 0.5) is 4.39 Å². The van der Waals surface area contributed by atoms with E-state index in [1.807, 2.05) is 0 Å². The molecule has 1 amide bonds. The van der Waals surface area contributed by atoms with E-state index >= 15 is 0 Å². The summed E-state index contributed by atoms with van der Waals surface area (Å²) in [6.07, 6.45) is 0. The summed E-state index contributed by atoms with van der Waals surface area (Å²) >= 11 is 6.34. The quantitative estimate of drug-likeness (QED) is 0.456. The Balaban J connectivity index is 1.76. The highest BCUT2D eigenvalue weighted by Crippen LogP contribution is 2.41. The summed E-state index contributed by atoms with van der Waals surface area (Å²) in [5.74, 6) is -1.10. The first-order valence-corrected chi connectivity index (χ1v) is 10.4. The van der Waals surface area contributed by atoms with E-state index in [9.17, 15) is 19.1 Å². The van der Waals surface area contributed by atoms with Crippen molar-refractivity contribution in [3.8, 4) is 11.5 Å². The van der Waals surface area contributed by atoms with Gasteiger partial charge in [-0.2, -0.15) is 0 Å². The zero-order valence-corrected chi connectivity index (χ0v) is 18.1. The van der Waals surface area contributed by atoms with Crippen LogP contribution in [0.5, 0.6) is 11.5 Å². The Labute approximate surface area is 192 Å². The van der Waals surface area contributed by atoms with Crippen molar-refractivity contribution in [3.05, 3.63) is 104 Å². The predicted molar refractivity (Wildman–Crippen MR) is 120 cm³/mol. The molecule has 0 unspecified atom stereocenters. The Morgan fingerprint density at radius 3 is 2.67 bits per heavy atom. The maximum atomic E-state index is 13.9. The standard InChI is InChI=1S/C25H17ClFNO5/c1-32-20-10-13(6-8-18(20)29)22-21-23(30)16-11-15(27)7-9-19(16)33-24(21)25(31)28(22)12-14-4-2-3-5-17(14)26/h2-11,22,29H,12H2,1H3/t22-/m0/s1. The van der Waals surface area contributed by atoms with Gasteiger partial charge in [0.15, 0.2) is 16.9 Å². The van der Waals surface area contributed by atoms with E-state index in [0.29, 0.717) is 16.1 Å². The highest BCUT2D eigenvalue weighted by Gasteiger charge is 2.43. The molecule has 0 bridgehead atoms.